The van der Waals surface area contributed by atoms with E-state index in [-0.39, 0.29) is 34.3 Å². The van der Waals surface area contributed by atoms with Crippen molar-refractivity contribution in [3.63, 3.8) is 0 Å². The van der Waals surface area contributed by atoms with Crippen molar-refractivity contribution >= 4 is 122 Å². The lowest BCUT2D eigenvalue weighted by Gasteiger charge is -2.12. The summed E-state index contributed by atoms with van der Waals surface area (Å²) in [5.41, 5.74) is 17.5. The monoisotopic (exact) mass is 1200 g/mol. The minimum Gasteiger partial charge on any atom is -0.507 e. The molecule has 0 fully saturated rings. The van der Waals surface area contributed by atoms with Crippen LogP contribution in [0.25, 0.3) is 21.5 Å². The highest BCUT2D eigenvalue weighted by atomic mass is 32.2. The van der Waals surface area contributed by atoms with Crippen LogP contribution in [0.1, 0.15) is 59.5 Å². The number of fused-ring (bicyclic) bond motifs is 2. The van der Waals surface area contributed by atoms with E-state index in [0.717, 1.165) is 28.7 Å². The second kappa shape index (κ2) is 34.4. The third kappa shape index (κ3) is 22.8. The Morgan fingerprint density at radius 1 is 0.573 bits per heavy atom. The molecule has 436 valence electrons. The number of hydrogen-bond acceptors (Lipinski definition) is 21. The van der Waals surface area contributed by atoms with Crippen LogP contribution in [0.5, 0.6) is 11.5 Å². The number of carbonyl (C=O) groups is 2. The number of benzene rings is 8. The first kappa shape index (κ1) is 69.4. The lowest BCUT2D eigenvalue weighted by Crippen LogP contribution is -2.11. The number of nitrogens with two attached hydrogens (primary N) is 2. The van der Waals surface area contributed by atoms with Gasteiger partial charge in [0.25, 0.3) is 32.1 Å². The number of phenols is 2. The second-order valence-corrected chi connectivity index (χ2v) is 19.4. The van der Waals surface area contributed by atoms with Crippen LogP contribution in [0.4, 0.5) is 45.5 Å². The number of aryl methyl sites for hydroxylation is 2. The van der Waals surface area contributed by atoms with Crippen LogP contribution in [-0.2, 0) is 40.2 Å². The second-order valence-electron chi connectivity index (χ2n) is 15.6. The smallest absolute Gasteiger partial charge is 0.425 e. The van der Waals surface area contributed by atoms with E-state index in [9.17, 15) is 41.2 Å². The Bertz CT molecular complexity index is 3790. The predicted molar refractivity (Wildman–Crippen MR) is 318 cm³/mol. The van der Waals surface area contributed by atoms with Gasteiger partial charge in [-0.25, -0.2) is 5.26 Å². The highest BCUT2D eigenvalue weighted by Crippen LogP contribution is 2.44. The van der Waals surface area contributed by atoms with E-state index in [1.807, 2.05) is 89.2 Å². The molecular formula is C54H60N8O16S4. The minimum absolute atomic E-state index is 0.149. The van der Waals surface area contributed by atoms with Crippen molar-refractivity contribution < 1.29 is 73.0 Å². The number of nitrogens with one attached hydrogen (secondary N) is 2. The first-order valence-electron chi connectivity index (χ1n) is 23.8. The fraction of sp³-hybridized carbons (Fsp3) is 0.148. The normalized spacial score (nSPS) is 10.6. The number of nitrogens with zero attached hydrogens (tertiary/aromatic N) is 4. The maximum atomic E-state index is 12.4. The molecule has 24 nitrogen and oxygen atoms in total. The topological polar surface area (TPSA) is 399 Å². The molecular weight excluding hydrogens is 1140 g/mol. The largest absolute Gasteiger partial charge is 0.507 e. The van der Waals surface area contributed by atoms with Crippen LogP contribution in [0.2, 0.25) is 0 Å². The summed E-state index contributed by atoms with van der Waals surface area (Å²) in [6.07, 6.45) is 2.34. The molecule has 0 unspecified atom stereocenters. The fourth-order valence-corrected chi connectivity index (χ4v) is 7.25. The SMILES string of the molecule is CC.CC.CS(=O)(=O)O.CSOOO.Cc1ccc2cc(S(=O)(=O)O)c(N=Nc3ccc(C(=O)Nc4ccccc4)cc3)c(O)c2c1N.Cc1ccc2ccc(N=Nc3ccc(C(=O)Nc4ccccc4)cc3)c(N)c2c1O.O=S(=O)=O. The van der Waals surface area contributed by atoms with Crippen molar-refractivity contribution in [1.82, 2.24) is 0 Å². The highest BCUT2D eigenvalue weighted by molar-refractivity contribution is 7.93. The van der Waals surface area contributed by atoms with E-state index in [0.29, 0.717) is 56.5 Å². The molecule has 2 amide bonds. The molecule has 28 heteroatoms. The molecule has 82 heavy (non-hydrogen) atoms. The van der Waals surface area contributed by atoms with Crippen molar-refractivity contribution in [2.45, 2.75) is 46.4 Å². The van der Waals surface area contributed by atoms with Gasteiger partial charge in [0.05, 0.1) is 23.3 Å². The Labute approximate surface area is 479 Å². The van der Waals surface area contributed by atoms with Crippen LogP contribution in [0.15, 0.2) is 177 Å². The summed E-state index contributed by atoms with van der Waals surface area (Å²) in [5.74, 6) is -0.888. The summed E-state index contributed by atoms with van der Waals surface area (Å²) in [7, 11) is -11.5. The number of nitrogen functional groups attached to an aromatic ring is 2. The molecule has 11 N–H and O–H groups in total. The first-order valence-corrected chi connectivity index (χ1v) is 29.3. The van der Waals surface area contributed by atoms with Crippen LogP contribution in [0, 0.1) is 13.8 Å². The molecule has 0 bridgehead atoms. The van der Waals surface area contributed by atoms with Gasteiger partial charge in [0.1, 0.15) is 22.0 Å². The number of phenolic OH excluding ortho intramolecular Hbond substituents is 2. The zero-order chi connectivity index (χ0) is 61.7. The Morgan fingerprint density at radius 2 is 0.976 bits per heavy atom. The molecule has 8 aromatic carbocycles. The zero-order valence-electron chi connectivity index (χ0n) is 45.2. The molecule has 0 aliphatic carbocycles. The lowest BCUT2D eigenvalue weighted by atomic mass is 10.0. The van der Waals surface area contributed by atoms with Crippen LogP contribution in [0.3, 0.4) is 0 Å². The maximum absolute atomic E-state index is 12.4. The fourth-order valence-electron chi connectivity index (χ4n) is 6.53. The molecule has 0 spiro atoms. The zero-order valence-corrected chi connectivity index (χ0v) is 48.5. The van der Waals surface area contributed by atoms with Gasteiger partial charge in [-0.3, -0.25) is 18.7 Å². The number of anilines is 4. The van der Waals surface area contributed by atoms with E-state index in [2.05, 4.69) is 40.5 Å². The molecule has 0 saturated heterocycles. The van der Waals surface area contributed by atoms with E-state index in [1.54, 1.807) is 79.9 Å². The number of amides is 2. The third-order valence-electron chi connectivity index (χ3n) is 10.1. The van der Waals surface area contributed by atoms with Gasteiger partial charge in [-0.15, -0.1) is 27.2 Å². The summed E-state index contributed by atoms with van der Waals surface area (Å²) in [4.78, 5) is 24.1. The molecule has 0 aliphatic heterocycles. The molecule has 0 radical (unpaired) electrons. The number of carbonyl (C=O) groups excluding carboxylic acids is 2. The third-order valence-corrected chi connectivity index (χ3v) is 11.2. The van der Waals surface area contributed by atoms with E-state index in [4.69, 9.17) is 33.9 Å². The summed E-state index contributed by atoms with van der Waals surface area (Å²) in [6.45, 7) is 11.6. The Balaban J connectivity index is 0.000000435. The van der Waals surface area contributed by atoms with Gasteiger partial charge in [0, 0.05) is 57.3 Å². The summed E-state index contributed by atoms with van der Waals surface area (Å²) in [5, 5.41) is 55.4. The van der Waals surface area contributed by atoms with Gasteiger partial charge in [-0.05, 0) is 121 Å². The maximum Gasteiger partial charge on any atom is 0.425 e. The average molecular weight is 1210 g/mol. The molecule has 0 saturated carbocycles. The van der Waals surface area contributed by atoms with Gasteiger partial charge in [-0.2, -0.15) is 27.1 Å². The highest BCUT2D eigenvalue weighted by Gasteiger charge is 2.23. The summed E-state index contributed by atoms with van der Waals surface area (Å²) in [6, 6.07) is 42.9. The number of azo groups is 2. The quantitative estimate of drug-likeness (QED) is 0.0145. The van der Waals surface area contributed by atoms with E-state index in [1.165, 1.54) is 30.3 Å². The summed E-state index contributed by atoms with van der Waals surface area (Å²) < 4.78 is 88.6. The Hall–Kier alpha value is -8.71. The molecule has 0 heterocycles. The van der Waals surface area contributed by atoms with Gasteiger partial charge in [0.15, 0.2) is 5.75 Å². The van der Waals surface area contributed by atoms with Crippen LogP contribution < -0.4 is 22.1 Å². The number of hydrogen-bond donors (Lipinski definition) is 9. The molecule has 0 aromatic heterocycles. The van der Waals surface area contributed by atoms with Gasteiger partial charge >= 0.3 is 10.6 Å². The van der Waals surface area contributed by atoms with Crippen molar-refractivity contribution in [2.24, 2.45) is 20.5 Å². The first-order chi connectivity index (χ1) is 38.8. The van der Waals surface area contributed by atoms with Crippen molar-refractivity contribution in [2.75, 3.05) is 34.6 Å². The van der Waals surface area contributed by atoms with Crippen molar-refractivity contribution in [3.8, 4) is 11.5 Å². The predicted octanol–water partition coefficient (Wildman–Crippen LogP) is 12.7. The van der Waals surface area contributed by atoms with Gasteiger partial charge in [-0.1, -0.05) is 99.5 Å². The van der Waals surface area contributed by atoms with Gasteiger partial charge in [0.2, 0.25) is 0 Å². The van der Waals surface area contributed by atoms with E-state index >= 15 is 0 Å². The summed E-state index contributed by atoms with van der Waals surface area (Å²) >= 11 is 0.929. The van der Waals surface area contributed by atoms with Crippen LogP contribution in [-0.4, -0.2) is 78.4 Å². The molecule has 8 aromatic rings. The minimum atomic E-state index is -4.73. The molecule has 0 atom stereocenters. The average Bonchev–Trinajstić information content (AvgIpc) is 3.63. The van der Waals surface area contributed by atoms with Crippen molar-refractivity contribution in [3.05, 3.63) is 174 Å². The number of aromatic hydroxyl groups is 2. The van der Waals surface area contributed by atoms with Crippen LogP contribution >= 0.6 is 12.0 Å². The molecule has 8 rings (SSSR count). The lowest BCUT2D eigenvalue weighted by molar-refractivity contribution is -0.432. The number of para-hydroxylation sites is 2. The van der Waals surface area contributed by atoms with Crippen molar-refractivity contribution in [1.29, 1.82) is 0 Å². The van der Waals surface area contributed by atoms with Gasteiger partial charge < -0.3 is 32.3 Å². The molecule has 0 aliphatic rings. The Morgan fingerprint density at radius 3 is 1.39 bits per heavy atom. The Kier molecular flexibility index (Phi) is 29.1. The van der Waals surface area contributed by atoms with E-state index < -0.39 is 47.2 Å². The number of rotatable bonds is 11. The standard InChI is InChI=1S/C24H20N4O5S.C24H20N4O2.2C2H6.2CH4O3S.O3S/c1-14-7-8-16-13-19(34(31,32)33)22(23(29)20(16)21(14)25)28-27-18-11-9-15(10-12-18)24(30)26-17-5-3-2-4-6-17;1-15-7-8-16-11-14-20(22(25)21(16)23(15)29)28-27-19-12-9-17(10-13-19)24(30)26-18-5-3-2-4-6-18;2*1-2;1-5(2,3)4;1-5-4-3-2;1-4(2)3/h2-13,29H,25H2,1H3,(H,26,30)(H,31,32,33);2-14,29H,25H2,1H3,(H,26,30);2*1-2H3;1H3,(H,2,3,4);2H,1H3;.